The highest BCUT2D eigenvalue weighted by Crippen LogP contribution is 2.39. The maximum Gasteiger partial charge on any atom is 0.261 e. The number of rotatable bonds is 6. The Kier molecular flexibility index (Phi) is 5.46. The lowest BCUT2D eigenvalue weighted by Crippen LogP contribution is -2.14. The average molecular weight is 523 g/mol. The number of sulfonamides is 2. The van der Waals surface area contributed by atoms with Crippen molar-refractivity contribution in [2.75, 3.05) is 9.44 Å². The van der Waals surface area contributed by atoms with E-state index in [1.807, 2.05) is 0 Å². The van der Waals surface area contributed by atoms with E-state index in [2.05, 4.69) is 9.44 Å². The summed E-state index contributed by atoms with van der Waals surface area (Å²) in [6.45, 7) is 0. The van der Waals surface area contributed by atoms with Crippen molar-refractivity contribution in [1.82, 2.24) is 0 Å². The van der Waals surface area contributed by atoms with Gasteiger partial charge in [0, 0.05) is 23.3 Å². The number of ketones is 1. The van der Waals surface area contributed by atoms with Crippen molar-refractivity contribution in [3.8, 4) is 22.6 Å². The Hall–Kier alpha value is -4.35. The molecule has 11 heteroatoms. The molecule has 0 fully saturated rings. The molecule has 0 radical (unpaired) electrons. The topological polar surface area (TPSA) is 150 Å². The molecular formula is C25H18N2O7S2. The third kappa shape index (κ3) is 4.25. The first kappa shape index (κ1) is 23.4. The molecule has 0 atom stereocenters. The Labute approximate surface area is 206 Å². The van der Waals surface area contributed by atoms with Gasteiger partial charge in [-0.2, -0.15) is 0 Å². The van der Waals surface area contributed by atoms with Gasteiger partial charge in [-0.05, 0) is 59.7 Å². The van der Waals surface area contributed by atoms with Crippen LogP contribution in [0.25, 0.3) is 11.1 Å². The molecule has 4 aromatic carbocycles. The van der Waals surface area contributed by atoms with Crippen LogP contribution >= 0.6 is 0 Å². The van der Waals surface area contributed by atoms with Crippen LogP contribution in [0.1, 0.15) is 15.9 Å². The third-order valence-corrected chi connectivity index (χ3v) is 8.34. The van der Waals surface area contributed by atoms with E-state index in [1.165, 1.54) is 84.9 Å². The van der Waals surface area contributed by atoms with Crippen LogP contribution in [0.4, 0.5) is 11.4 Å². The van der Waals surface area contributed by atoms with Crippen molar-refractivity contribution in [3.63, 3.8) is 0 Å². The van der Waals surface area contributed by atoms with Gasteiger partial charge in [0.25, 0.3) is 20.0 Å². The summed E-state index contributed by atoms with van der Waals surface area (Å²) in [4.78, 5) is 12.8. The van der Waals surface area contributed by atoms with Crippen LogP contribution in [0.3, 0.4) is 0 Å². The van der Waals surface area contributed by atoms with E-state index in [9.17, 15) is 31.8 Å². The monoisotopic (exact) mass is 522 g/mol. The van der Waals surface area contributed by atoms with Crippen LogP contribution in [0.2, 0.25) is 0 Å². The molecular weight excluding hydrogens is 504 g/mol. The maximum absolute atomic E-state index is 13.2. The Morgan fingerprint density at radius 3 is 1.33 bits per heavy atom. The molecule has 36 heavy (non-hydrogen) atoms. The van der Waals surface area contributed by atoms with E-state index < -0.39 is 25.8 Å². The van der Waals surface area contributed by atoms with Gasteiger partial charge in [-0.25, -0.2) is 16.8 Å². The SMILES string of the molecule is O=C1c2cc(S(=O)(=O)Nc3cccc(O)c3)ccc2-c2ccc(S(=O)(=O)Nc3cccc(O)c3)cc21. The van der Waals surface area contributed by atoms with Gasteiger partial charge in [-0.3, -0.25) is 14.2 Å². The molecule has 1 aliphatic rings. The van der Waals surface area contributed by atoms with Crippen molar-refractivity contribution in [1.29, 1.82) is 0 Å². The summed E-state index contributed by atoms with van der Waals surface area (Å²) in [6, 6.07) is 19.4. The molecule has 0 heterocycles. The fourth-order valence-electron chi connectivity index (χ4n) is 3.94. The highest BCUT2D eigenvalue weighted by atomic mass is 32.2. The minimum Gasteiger partial charge on any atom is -0.508 e. The Bertz CT molecular complexity index is 1640. The van der Waals surface area contributed by atoms with E-state index in [1.54, 1.807) is 0 Å². The molecule has 0 aliphatic heterocycles. The van der Waals surface area contributed by atoms with Gasteiger partial charge >= 0.3 is 0 Å². The average Bonchev–Trinajstić information content (AvgIpc) is 3.10. The number of anilines is 2. The molecule has 9 nitrogen and oxygen atoms in total. The number of hydrogen-bond acceptors (Lipinski definition) is 7. The van der Waals surface area contributed by atoms with E-state index in [4.69, 9.17) is 0 Å². The number of carbonyl (C=O) groups is 1. The van der Waals surface area contributed by atoms with Gasteiger partial charge in [-0.1, -0.05) is 24.3 Å². The molecule has 0 bridgehead atoms. The van der Waals surface area contributed by atoms with Gasteiger partial charge in [0.05, 0.1) is 21.2 Å². The van der Waals surface area contributed by atoms with Crippen molar-refractivity contribution >= 4 is 37.2 Å². The summed E-state index contributed by atoms with van der Waals surface area (Å²) in [5.74, 6) is -0.734. The zero-order chi connectivity index (χ0) is 25.7. The van der Waals surface area contributed by atoms with Gasteiger partial charge in [0.2, 0.25) is 0 Å². The van der Waals surface area contributed by atoms with Crippen molar-refractivity contribution < 1.29 is 31.8 Å². The maximum atomic E-state index is 13.2. The summed E-state index contributed by atoms with van der Waals surface area (Å²) in [7, 11) is -8.14. The summed E-state index contributed by atoms with van der Waals surface area (Å²) in [6.07, 6.45) is 0. The number of carbonyl (C=O) groups excluding carboxylic acids is 1. The number of aromatic hydroxyl groups is 2. The van der Waals surface area contributed by atoms with Crippen molar-refractivity contribution in [2.24, 2.45) is 0 Å². The van der Waals surface area contributed by atoms with E-state index in [-0.39, 0.29) is 43.8 Å². The molecule has 0 saturated carbocycles. The first-order valence-corrected chi connectivity index (χ1v) is 13.5. The number of nitrogens with one attached hydrogen (secondary N) is 2. The van der Waals surface area contributed by atoms with Crippen LogP contribution in [0, 0.1) is 0 Å². The molecule has 0 aromatic heterocycles. The quantitative estimate of drug-likeness (QED) is 0.264. The van der Waals surface area contributed by atoms with Crippen LogP contribution in [0.15, 0.2) is 94.7 Å². The molecule has 0 saturated heterocycles. The normalized spacial score (nSPS) is 12.6. The number of benzene rings is 4. The molecule has 4 aromatic rings. The lowest BCUT2D eigenvalue weighted by Gasteiger charge is -2.10. The first-order chi connectivity index (χ1) is 17.0. The van der Waals surface area contributed by atoms with E-state index in [0.29, 0.717) is 11.1 Å². The first-order valence-electron chi connectivity index (χ1n) is 10.5. The second-order valence-corrected chi connectivity index (χ2v) is 11.4. The summed E-state index contributed by atoms with van der Waals surface area (Å²) in [5, 5.41) is 19.2. The number of hydrogen-bond donors (Lipinski definition) is 4. The second-order valence-electron chi connectivity index (χ2n) is 8.06. The second kappa shape index (κ2) is 8.40. The molecule has 0 amide bonds. The highest BCUT2D eigenvalue weighted by molar-refractivity contribution is 7.93. The fraction of sp³-hybridized carbons (Fsp3) is 0. The van der Waals surface area contributed by atoms with Crippen LogP contribution in [0.5, 0.6) is 11.5 Å². The van der Waals surface area contributed by atoms with E-state index in [0.717, 1.165) is 0 Å². The van der Waals surface area contributed by atoms with Crippen LogP contribution in [-0.2, 0) is 20.0 Å². The Morgan fingerprint density at radius 2 is 0.944 bits per heavy atom. The summed E-state index contributed by atoms with van der Waals surface area (Å²) in [5.41, 5.74) is 1.52. The number of phenolic OH excluding ortho intramolecular Hbond substituents is 2. The van der Waals surface area contributed by atoms with Crippen LogP contribution < -0.4 is 9.44 Å². The predicted octanol–water partition coefficient (Wildman–Crippen LogP) is 3.91. The van der Waals surface area contributed by atoms with Gasteiger partial charge in [-0.15, -0.1) is 0 Å². The molecule has 182 valence electrons. The summed E-state index contributed by atoms with van der Waals surface area (Å²) >= 11 is 0. The Balaban J connectivity index is 1.46. The predicted molar refractivity (Wildman–Crippen MR) is 133 cm³/mol. The van der Waals surface area contributed by atoms with Crippen LogP contribution in [-0.4, -0.2) is 32.8 Å². The number of phenols is 2. The largest absolute Gasteiger partial charge is 0.508 e. The molecule has 0 spiro atoms. The smallest absolute Gasteiger partial charge is 0.261 e. The zero-order valence-corrected chi connectivity index (χ0v) is 20.0. The minimum atomic E-state index is -4.07. The van der Waals surface area contributed by atoms with Crippen molar-refractivity contribution in [3.05, 3.63) is 96.1 Å². The minimum absolute atomic E-state index is 0.112. The molecule has 4 N–H and O–H groups in total. The lowest BCUT2D eigenvalue weighted by molar-refractivity contribution is 0.104. The van der Waals surface area contributed by atoms with E-state index >= 15 is 0 Å². The third-order valence-electron chi connectivity index (χ3n) is 5.58. The lowest BCUT2D eigenvalue weighted by atomic mass is 10.1. The van der Waals surface area contributed by atoms with Gasteiger partial charge in [0.15, 0.2) is 5.78 Å². The molecule has 1 aliphatic carbocycles. The van der Waals surface area contributed by atoms with Gasteiger partial charge in [0.1, 0.15) is 11.5 Å². The summed E-state index contributed by atoms with van der Waals surface area (Å²) < 4.78 is 56.2. The molecule has 0 unspecified atom stereocenters. The Morgan fingerprint density at radius 1 is 0.528 bits per heavy atom. The number of fused-ring (bicyclic) bond motifs is 3. The fourth-order valence-corrected chi connectivity index (χ4v) is 6.09. The van der Waals surface area contributed by atoms with Gasteiger partial charge < -0.3 is 10.2 Å². The highest BCUT2D eigenvalue weighted by Gasteiger charge is 2.30. The van der Waals surface area contributed by atoms with Crippen molar-refractivity contribution in [2.45, 2.75) is 9.79 Å². The molecule has 5 rings (SSSR count). The zero-order valence-electron chi connectivity index (χ0n) is 18.3. The standard InChI is InChI=1S/C25H18N2O7S2/c28-17-5-1-3-15(11-17)26-35(31,32)19-7-9-21-22-10-8-20(14-24(22)25(30)23(21)13-19)36(33,34)27-16-4-2-6-18(29)12-16/h1-14,26-29H.